The highest BCUT2D eigenvalue weighted by Gasteiger charge is 2.16. The number of halogens is 1. The molecule has 3 nitrogen and oxygen atoms in total. The van der Waals surface area contributed by atoms with E-state index in [9.17, 15) is 9.59 Å². The molecule has 0 saturated heterocycles. The Kier molecular flexibility index (Phi) is 4.87. The maximum atomic E-state index is 12.0. The molecule has 1 aromatic carbocycles. The Labute approximate surface area is 110 Å². The van der Waals surface area contributed by atoms with Crippen molar-refractivity contribution in [2.75, 3.05) is 0 Å². The van der Waals surface area contributed by atoms with Gasteiger partial charge in [-0.1, -0.05) is 18.6 Å². The van der Waals surface area contributed by atoms with Crippen molar-refractivity contribution in [2.24, 2.45) is 0 Å². The molecule has 0 fully saturated rings. The summed E-state index contributed by atoms with van der Waals surface area (Å²) in [4.78, 5) is 23.4. The van der Waals surface area contributed by atoms with E-state index in [2.05, 4.69) is 21.2 Å². The quantitative estimate of drug-likeness (QED) is 0.929. The Morgan fingerprint density at radius 1 is 1.41 bits per heavy atom. The minimum atomic E-state index is -0.445. The molecule has 1 aromatic rings. The van der Waals surface area contributed by atoms with Crippen molar-refractivity contribution < 1.29 is 9.59 Å². The van der Waals surface area contributed by atoms with Gasteiger partial charge in [-0.3, -0.25) is 9.59 Å². The van der Waals surface area contributed by atoms with E-state index in [0.29, 0.717) is 12.0 Å². The van der Waals surface area contributed by atoms with Crippen molar-refractivity contribution in [1.82, 2.24) is 5.32 Å². The molecule has 0 saturated carbocycles. The first-order valence-electron chi connectivity index (χ1n) is 5.55. The van der Waals surface area contributed by atoms with Gasteiger partial charge in [0.15, 0.2) is 5.78 Å². The van der Waals surface area contributed by atoms with Gasteiger partial charge in [-0.25, -0.2) is 0 Å². The van der Waals surface area contributed by atoms with Crippen LogP contribution >= 0.6 is 15.9 Å². The second-order valence-corrected chi connectivity index (χ2v) is 4.85. The van der Waals surface area contributed by atoms with Crippen molar-refractivity contribution in [3.63, 3.8) is 0 Å². The Morgan fingerprint density at radius 2 is 2.06 bits per heavy atom. The van der Waals surface area contributed by atoms with Gasteiger partial charge in [0.25, 0.3) is 5.91 Å². The average Bonchev–Trinajstić information content (AvgIpc) is 2.30. The molecule has 0 aliphatic heterocycles. The van der Waals surface area contributed by atoms with Gasteiger partial charge in [-0.2, -0.15) is 0 Å². The van der Waals surface area contributed by atoms with E-state index >= 15 is 0 Å². The third-order valence-corrected chi connectivity index (χ3v) is 3.24. The van der Waals surface area contributed by atoms with Crippen LogP contribution in [-0.4, -0.2) is 17.7 Å². The molecule has 1 amide bonds. The van der Waals surface area contributed by atoms with Gasteiger partial charge in [0.1, 0.15) is 0 Å². The van der Waals surface area contributed by atoms with E-state index < -0.39 is 6.04 Å². The van der Waals surface area contributed by atoms with Crippen LogP contribution < -0.4 is 5.32 Å². The maximum absolute atomic E-state index is 12.0. The van der Waals surface area contributed by atoms with Crippen molar-refractivity contribution in [1.29, 1.82) is 0 Å². The highest BCUT2D eigenvalue weighted by Crippen LogP contribution is 2.18. The van der Waals surface area contributed by atoms with Gasteiger partial charge in [0, 0.05) is 10.9 Å². The average molecular weight is 298 g/mol. The van der Waals surface area contributed by atoms with E-state index in [1.807, 2.05) is 19.1 Å². The number of aryl methyl sites for hydroxylation is 1. The molecular weight excluding hydrogens is 282 g/mol. The number of Topliss-reactive ketones (excluding diaryl/α,β-unsaturated/α-hetero) is 1. The number of hydrogen-bond acceptors (Lipinski definition) is 2. The van der Waals surface area contributed by atoms with Crippen LogP contribution in [-0.2, 0) is 4.79 Å². The van der Waals surface area contributed by atoms with Crippen molar-refractivity contribution in [3.05, 3.63) is 33.8 Å². The Bertz CT molecular complexity index is 443. The predicted molar refractivity (Wildman–Crippen MR) is 71.1 cm³/mol. The van der Waals surface area contributed by atoms with Gasteiger partial charge in [-0.15, -0.1) is 0 Å². The van der Waals surface area contributed by atoms with Gasteiger partial charge in [0.05, 0.1) is 11.6 Å². The predicted octanol–water partition coefficient (Wildman–Crippen LogP) is 2.85. The smallest absolute Gasteiger partial charge is 0.253 e. The number of carbonyl (C=O) groups is 2. The van der Waals surface area contributed by atoms with Gasteiger partial charge in [0.2, 0.25) is 0 Å². The first kappa shape index (κ1) is 13.9. The van der Waals surface area contributed by atoms with Crippen molar-refractivity contribution in [3.8, 4) is 0 Å². The second-order valence-electron chi connectivity index (χ2n) is 4.00. The van der Waals surface area contributed by atoms with Crippen LogP contribution in [0.25, 0.3) is 0 Å². The summed E-state index contributed by atoms with van der Waals surface area (Å²) in [6.45, 7) is 5.41. The highest BCUT2D eigenvalue weighted by atomic mass is 79.9. The number of hydrogen-bond donors (Lipinski definition) is 1. The standard InChI is InChI=1S/C13H16BrNO2/c1-4-12(16)9(3)15-13(17)10-7-8(2)5-6-11(10)14/h5-7,9H,4H2,1-3H3,(H,15,17). The number of rotatable bonds is 4. The topological polar surface area (TPSA) is 46.2 Å². The molecule has 0 aliphatic rings. The molecule has 4 heteroatoms. The lowest BCUT2D eigenvalue weighted by atomic mass is 10.1. The van der Waals surface area contributed by atoms with Crippen LogP contribution in [0.1, 0.15) is 36.2 Å². The zero-order valence-corrected chi connectivity index (χ0v) is 11.8. The van der Waals surface area contributed by atoms with Crippen LogP contribution in [0, 0.1) is 6.92 Å². The fourth-order valence-corrected chi connectivity index (χ4v) is 1.90. The molecule has 1 rings (SSSR count). The fourth-order valence-electron chi connectivity index (χ4n) is 1.47. The third-order valence-electron chi connectivity index (χ3n) is 2.55. The Hall–Kier alpha value is -1.16. The van der Waals surface area contributed by atoms with E-state index in [4.69, 9.17) is 0 Å². The van der Waals surface area contributed by atoms with Gasteiger partial charge < -0.3 is 5.32 Å². The number of ketones is 1. The van der Waals surface area contributed by atoms with Crippen LogP contribution in [0.2, 0.25) is 0 Å². The summed E-state index contributed by atoms with van der Waals surface area (Å²) in [7, 11) is 0. The lowest BCUT2D eigenvalue weighted by Gasteiger charge is -2.13. The maximum Gasteiger partial charge on any atom is 0.253 e. The summed E-state index contributed by atoms with van der Waals surface area (Å²) in [6, 6.07) is 5.10. The van der Waals surface area contributed by atoms with E-state index in [1.54, 1.807) is 19.9 Å². The van der Waals surface area contributed by atoms with Gasteiger partial charge >= 0.3 is 0 Å². The zero-order chi connectivity index (χ0) is 13.0. The first-order chi connectivity index (χ1) is 7.95. The summed E-state index contributed by atoms with van der Waals surface area (Å²) in [6.07, 6.45) is 0.427. The van der Waals surface area contributed by atoms with Crippen LogP contribution in [0.5, 0.6) is 0 Å². The molecule has 0 aromatic heterocycles. The Balaban J connectivity index is 2.83. The largest absolute Gasteiger partial charge is 0.342 e. The first-order valence-corrected chi connectivity index (χ1v) is 6.34. The summed E-state index contributed by atoms with van der Waals surface area (Å²) < 4.78 is 0.733. The molecule has 0 bridgehead atoms. The molecular formula is C13H16BrNO2. The number of amides is 1. The minimum absolute atomic E-state index is 0.0297. The minimum Gasteiger partial charge on any atom is -0.342 e. The number of benzene rings is 1. The molecule has 0 heterocycles. The molecule has 0 radical (unpaired) electrons. The molecule has 17 heavy (non-hydrogen) atoms. The molecule has 0 spiro atoms. The summed E-state index contributed by atoms with van der Waals surface area (Å²) in [5.74, 6) is -0.197. The Morgan fingerprint density at radius 3 is 2.65 bits per heavy atom. The third kappa shape index (κ3) is 3.66. The second kappa shape index (κ2) is 5.96. The molecule has 1 unspecified atom stereocenters. The summed E-state index contributed by atoms with van der Waals surface area (Å²) >= 11 is 3.33. The highest BCUT2D eigenvalue weighted by molar-refractivity contribution is 9.10. The number of carbonyl (C=O) groups excluding carboxylic acids is 2. The fraction of sp³-hybridized carbons (Fsp3) is 0.385. The molecule has 1 N–H and O–H groups in total. The molecule has 1 atom stereocenters. The van der Waals surface area contributed by atoms with Crippen LogP contribution in [0.3, 0.4) is 0 Å². The summed E-state index contributed by atoms with van der Waals surface area (Å²) in [5, 5.41) is 2.70. The van der Waals surface area contributed by atoms with E-state index in [-0.39, 0.29) is 11.7 Å². The van der Waals surface area contributed by atoms with Crippen molar-refractivity contribution in [2.45, 2.75) is 33.2 Å². The van der Waals surface area contributed by atoms with Crippen LogP contribution in [0.15, 0.2) is 22.7 Å². The SMILES string of the molecule is CCC(=O)C(C)NC(=O)c1cc(C)ccc1Br. The molecule has 92 valence electrons. The van der Waals surface area contributed by atoms with E-state index in [1.165, 1.54) is 0 Å². The monoisotopic (exact) mass is 297 g/mol. The number of nitrogens with one attached hydrogen (secondary N) is 1. The summed E-state index contributed by atoms with van der Waals surface area (Å²) in [5.41, 5.74) is 1.56. The van der Waals surface area contributed by atoms with E-state index in [0.717, 1.165) is 10.0 Å². The van der Waals surface area contributed by atoms with Gasteiger partial charge in [-0.05, 0) is 41.9 Å². The van der Waals surface area contributed by atoms with Crippen molar-refractivity contribution >= 4 is 27.6 Å². The zero-order valence-electron chi connectivity index (χ0n) is 10.2. The lowest BCUT2D eigenvalue weighted by Crippen LogP contribution is -2.38. The normalized spacial score (nSPS) is 12.0. The molecule has 0 aliphatic carbocycles. The lowest BCUT2D eigenvalue weighted by molar-refractivity contribution is -0.120. The van der Waals surface area contributed by atoms with Crippen LogP contribution in [0.4, 0.5) is 0 Å².